The monoisotopic (exact) mass is 370 g/mol. The van der Waals surface area contributed by atoms with Crippen LogP contribution in [0.15, 0.2) is 83.8 Å². The summed E-state index contributed by atoms with van der Waals surface area (Å²) in [6.45, 7) is 0. The third-order valence-electron chi connectivity index (χ3n) is 4.59. The first kappa shape index (κ1) is 16.4. The molecule has 28 heavy (non-hydrogen) atoms. The van der Waals surface area contributed by atoms with Crippen LogP contribution in [0.1, 0.15) is 12.2 Å². The SMILES string of the molecule is Fc1cccc(-c2ncoc2-c2ccc3nnc(C4=CCC=CC=C4)n3c2)c1. The molecule has 136 valence electrons. The molecular weight excluding hydrogens is 355 g/mol. The molecule has 1 aliphatic rings. The van der Waals surface area contributed by atoms with E-state index in [1.54, 1.807) is 12.1 Å². The van der Waals surface area contributed by atoms with Gasteiger partial charge in [-0.25, -0.2) is 9.37 Å². The van der Waals surface area contributed by atoms with Crippen molar-refractivity contribution in [3.63, 3.8) is 0 Å². The molecule has 3 aromatic heterocycles. The second kappa shape index (κ2) is 6.74. The van der Waals surface area contributed by atoms with Gasteiger partial charge in [0.2, 0.25) is 0 Å². The lowest BCUT2D eigenvalue weighted by molar-refractivity contribution is 0.572. The molecule has 5 nitrogen and oxygen atoms in total. The zero-order valence-electron chi connectivity index (χ0n) is 14.8. The van der Waals surface area contributed by atoms with Gasteiger partial charge in [-0.15, -0.1) is 10.2 Å². The van der Waals surface area contributed by atoms with Gasteiger partial charge in [0.15, 0.2) is 23.6 Å². The summed E-state index contributed by atoms with van der Waals surface area (Å²) in [6.07, 6.45) is 14.3. The van der Waals surface area contributed by atoms with E-state index >= 15 is 0 Å². The molecule has 0 fully saturated rings. The molecule has 0 spiro atoms. The van der Waals surface area contributed by atoms with Crippen LogP contribution in [0.5, 0.6) is 0 Å². The third kappa shape index (κ3) is 2.85. The minimum Gasteiger partial charge on any atom is -0.443 e. The Morgan fingerprint density at radius 1 is 1.04 bits per heavy atom. The van der Waals surface area contributed by atoms with Gasteiger partial charge in [-0.3, -0.25) is 4.40 Å². The highest BCUT2D eigenvalue weighted by Crippen LogP contribution is 2.32. The fourth-order valence-corrected chi connectivity index (χ4v) is 3.26. The maximum absolute atomic E-state index is 13.7. The van der Waals surface area contributed by atoms with Crippen molar-refractivity contribution in [1.82, 2.24) is 19.6 Å². The number of oxazole rings is 1. The van der Waals surface area contributed by atoms with E-state index in [1.165, 1.54) is 18.5 Å². The van der Waals surface area contributed by atoms with Crippen LogP contribution < -0.4 is 0 Å². The number of halogens is 1. The van der Waals surface area contributed by atoms with E-state index in [9.17, 15) is 4.39 Å². The summed E-state index contributed by atoms with van der Waals surface area (Å²) in [5.74, 6) is 1.01. The number of pyridine rings is 1. The fraction of sp³-hybridized carbons (Fsp3) is 0.0455. The van der Waals surface area contributed by atoms with Gasteiger partial charge >= 0.3 is 0 Å². The van der Waals surface area contributed by atoms with Crippen molar-refractivity contribution in [1.29, 1.82) is 0 Å². The number of benzene rings is 1. The molecule has 0 N–H and O–H groups in total. The average molecular weight is 370 g/mol. The molecular formula is C22H15FN4O. The van der Waals surface area contributed by atoms with Crippen molar-refractivity contribution in [3.8, 4) is 22.6 Å². The van der Waals surface area contributed by atoms with Crippen molar-refractivity contribution in [3.05, 3.63) is 91.0 Å². The Bertz CT molecular complexity index is 1260. The predicted molar refractivity (Wildman–Crippen MR) is 105 cm³/mol. The number of fused-ring (bicyclic) bond motifs is 1. The van der Waals surface area contributed by atoms with Crippen LogP contribution in [-0.4, -0.2) is 19.6 Å². The van der Waals surface area contributed by atoms with Crippen LogP contribution >= 0.6 is 0 Å². The van der Waals surface area contributed by atoms with Crippen LogP contribution in [0.4, 0.5) is 4.39 Å². The number of allylic oxidation sites excluding steroid dienone is 6. The van der Waals surface area contributed by atoms with E-state index in [0.717, 1.165) is 29.0 Å². The van der Waals surface area contributed by atoms with Gasteiger partial charge in [0.25, 0.3) is 0 Å². The Kier molecular flexibility index (Phi) is 3.94. The molecule has 0 aliphatic heterocycles. The third-order valence-corrected chi connectivity index (χ3v) is 4.59. The minimum atomic E-state index is -0.316. The molecule has 1 aromatic carbocycles. The molecule has 4 aromatic rings. The van der Waals surface area contributed by atoms with E-state index in [0.29, 0.717) is 17.0 Å². The normalized spacial score (nSPS) is 13.7. The number of rotatable bonds is 3. The summed E-state index contributed by atoms with van der Waals surface area (Å²) in [6, 6.07) is 10.1. The minimum absolute atomic E-state index is 0.316. The second-order valence-corrected chi connectivity index (χ2v) is 6.39. The summed E-state index contributed by atoms with van der Waals surface area (Å²) >= 11 is 0. The summed E-state index contributed by atoms with van der Waals surface area (Å²) in [7, 11) is 0. The molecule has 1 aliphatic carbocycles. The van der Waals surface area contributed by atoms with Gasteiger partial charge in [-0.1, -0.05) is 42.5 Å². The lowest BCUT2D eigenvalue weighted by Gasteiger charge is -2.05. The van der Waals surface area contributed by atoms with Crippen LogP contribution in [0.2, 0.25) is 0 Å². The van der Waals surface area contributed by atoms with E-state index in [2.05, 4.69) is 27.3 Å². The standard InChI is InChI=1S/C22H15FN4O/c23-18-9-5-8-16(12-18)20-21(28-14-24-20)17-10-11-19-25-26-22(27(19)13-17)15-6-3-1-2-4-7-15/h1-3,5-14H,4H2. The summed E-state index contributed by atoms with van der Waals surface area (Å²) in [5.41, 5.74) is 3.79. The van der Waals surface area contributed by atoms with Crippen LogP contribution in [0, 0.1) is 5.82 Å². The maximum Gasteiger partial charge on any atom is 0.182 e. The topological polar surface area (TPSA) is 56.2 Å². The smallest absolute Gasteiger partial charge is 0.182 e. The van der Waals surface area contributed by atoms with E-state index in [4.69, 9.17) is 4.42 Å². The zero-order valence-corrected chi connectivity index (χ0v) is 14.8. The highest BCUT2D eigenvalue weighted by atomic mass is 19.1. The van der Waals surface area contributed by atoms with E-state index in [-0.39, 0.29) is 5.82 Å². The fourth-order valence-electron chi connectivity index (χ4n) is 3.26. The van der Waals surface area contributed by atoms with Gasteiger partial charge in [-0.05, 0) is 30.7 Å². The molecule has 0 saturated carbocycles. The lowest BCUT2D eigenvalue weighted by atomic mass is 10.1. The number of hydrogen-bond acceptors (Lipinski definition) is 4. The van der Waals surface area contributed by atoms with Gasteiger partial charge in [-0.2, -0.15) is 0 Å². The van der Waals surface area contributed by atoms with Gasteiger partial charge < -0.3 is 4.42 Å². The summed E-state index contributed by atoms with van der Waals surface area (Å²) < 4.78 is 21.2. The molecule has 0 radical (unpaired) electrons. The Hall–Kier alpha value is -3.80. The quantitative estimate of drug-likeness (QED) is 0.504. The highest BCUT2D eigenvalue weighted by molar-refractivity contribution is 5.78. The zero-order chi connectivity index (χ0) is 18.9. The van der Waals surface area contributed by atoms with E-state index < -0.39 is 0 Å². The molecule has 0 unspecified atom stereocenters. The molecule has 5 rings (SSSR count). The summed E-state index contributed by atoms with van der Waals surface area (Å²) in [4.78, 5) is 4.29. The lowest BCUT2D eigenvalue weighted by Crippen LogP contribution is -1.94. The Morgan fingerprint density at radius 3 is 2.93 bits per heavy atom. The highest BCUT2D eigenvalue weighted by Gasteiger charge is 2.16. The second-order valence-electron chi connectivity index (χ2n) is 6.39. The van der Waals surface area contributed by atoms with Crippen LogP contribution in [0.3, 0.4) is 0 Å². The first-order valence-electron chi connectivity index (χ1n) is 8.88. The average Bonchev–Trinajstić information content (AvgIpc) is 3.28. The number of aromatic nitrogens is 4. The summed E-state index contributed by atoms with van der Waals surface area (Å²) in [5, 5.41) is 8.61. The van der Waals surface area contributed by atoms with Crippen molar-refractivity contribution in [2.75, 3.05) is 0 Å². The largest absolute Gasteiger partial charge is 0.443 e. The van der Waals surface area contributed by atoms with Crippen molar-refractivity contribution >= 4 is 11.2 Å². The Morgan fingerprint density at radius 2 is 2.00 bits per heavy atom. The van der Waals surface area contributed by atoms with E-state index in [1.807, 2.05) is 41.0 Å². The molecule has 0 atom stereocenters. The predicted octanol–water partition coefficient (Wildman–Crippen LogP) is 5.09. The molecule has 0 amide bonds. The first-order chi connectivity index (χ1) is 13.8. The maximum atomic E-state index is 13.7. The number of nitrogens with zero attached hydrogens (tertiary/aromatic N) is 4. The molecule has 0 saturated heterocycles. The number of hydrogen-bond donors (Lipinski definition) is 0. The molecule has 0 bridgehead atoms. The van der Waals surface area contributed by atoms with Crippen molar-refractivity contribution in [2.24, 2.45) is 0 Å². The Labute approximate surface area is 160 Å². The molecule has 3 heterocycles. The van der Waals surface area contributed by atoms with Crippen LogP contribution in [0.25, 0.3) is 33.8 Å². The van der Waals surface area contributed by atoms with Crippen molar-refractivity contribution < 1.29 is 8.81 Å². The van der Waals surface area contributed by atoms with Gasteiger partial charge in [0, 0.05) is 22.9 Å². The Balaban J connectivity index is 1.63. The van der Waals surface area contributed by atoms with Gasteiger partial charge in [0.05, 0.1) is 0 Å². The van der Waals surface area contributed by atoms with Gasteiger partial charge in [0.1, 0.15) is 11.5 Å². The first-order valence-corrected chi connectivity index (χ1v) is 8.88. The van der Waals surface area contributed by atoms with Crippen LogP contribution in [-0.2, 0) is 0 Å². The molecule has 6 heteroatoms. The van der Waals surface area contributed by atoms with Crippen molar-refractivity contribution in [2.45, 2.75) is 6.42 Å².